The van der Waals surface area contributed by atoms with Gasteiger partial charge in [0, 0.05) is 21.7 Å². The molecule has 0 bridgehead atoms. The summed E-state index contributed by atoms with van der Waals surface area (Å²) in [5, 5.41) is 1.86. The van der Waals surface area contributed by atoms with E-state index in [4.69, 9.17) is 11.6 Å². The lowest BCUT2D eigenvalue weighted by Crippen LogP contribution is -2.17. The SMILES string of the molecule is CCc1ccc(C(=O)n2c3c(c4cc(Cl)ccc42)CCCC3)cc1. The first-order valence-electron chi connectivity index (χ1n) is 8.64. The molecule has 2 aromatic carbocycles. The minimum Gasteiger partial charge on any atom is -0.280 e. The highest BCUT2D eigenvalue weighted by Crippen LogP contribution is 2.34. The topological polar surface area (TPSA) is 22.0 Å². The number of halogens is 1. The molecule has 0 saturated carbocycles. The van der Waals surface area contributed by atoms with Crippen molar-refractivity contribution in [1.29, 1.82) is 0 Å². The fourth-order valence-electron chi connectivity index (χ4n) is 3.76. The minimum absolute atomic E-state index is 0.0631. The summed E-state index contributed by atoms with van der Waals surface area (Å²) >= 11 is 6.21. The first-order valence-corrected chi connectivity index (χ1v) is 9.02. The number of aromatic nitrogens is 1. The van der Waals surface area contributed by atoms with E-state index in [0.717, 1.165) is 47.2 Å². The van der Waals surface area contributed by atoms with Crippen molar-refractivity contribution in [2.24, 2.45) is 0 Å². The molecule has 1 aromatic heterocycles. The Morgan fingerprint density at radius 1 is 1.08 bits per heavy atom. The number of fused-ring (bicyclic) bond motifs is 3. The van der Waals surface area contributed by atoms with Gasteiger partial charge in [-0.15, -0.1) is 0 Å². The van der Waals surface area contributed by atoms with Gasteiger partial charge in [0.25, 0.3) is 5.91 Å². The molecule has 24 heavy (non-hydrogen) atoms. The number of aryl methyl sites for hydroxylation is 2. The average molecular weight is 338 g/mol. The van der Waals surface area contributed by atoms with Crippen LogP contribution in [0.1, 0.15) is 46.9 Å². The van der Waals surface area contributed by atoms with E-state index in [1.807, 2.05) is 47.0 Å². The normalized spacial score (nSPS) is 13.9. The second kappa shape index (κ2) is 6.10. The van der Waals surface area contributed by atoms with Crippen molar-refractivity contribution in [3.63, 3.8) is 0 Å². The Kier molecular flexibility index (Phi) is 3.93. The van der Waals surface area contributed by atoms with Crippen LogP contribution in [0.4, 0.5) is 0 Å². The van der Waals surface area contributed by atoms with E-state index in [2.05, 4.69) is 6.92 Å². The number of hydrogen-bond donors (Lipinski definition) is 0. The van der Waals surface area contributed by atoms with Gasteiger partial charge in [0.2, 0.25) is 0 Å². The molecule has 2 nitrogen and oxygen atoms in total. The number of carbonyl (C=O) groups excluding carboxylic acids is 1. The van der Waals surface area contributed by atoms with Crippen molar-refractivity contribution in [1.82, 2.24) is 4.57 Å². The summed E-state index contributed by atoms with van der Waals surface area (Å²) in [4.78, 5) is 13.2. The summed E-state index contributed by atoms with van der Waals surface area (Å²) in [6, 6.07) is 13.8. The zero-order chi connectivity index (χ0) is 16.7. The van der Waals surface area contributed by atoms with E-state index < -0.39 is 0 Å². The van der Waals surface area contributed by atoms with Gasteiger partial charge in [0.15, 0.2) is 0 Å². The van der Waals surface area contributed by atoms with Crippen LogP contribution in [0.5, 0.6) is 0 Å². The molecular formula is C21H20ClNO. The molecule has 122 valence electrons. The van der Waals surface area contributed by atoms with Crippen LogP contribution in [-0.2, 0) is 19.3 Å². The molecule has 0 unspecified atom stereocenters. The standard InChI is InChI=1S/C21H20ClNO/c1-2-14-7-9-15(10-8-14)21(24)23-19-6-4-3-5-17(19)18-13-16(22)11-12-20(18)23/h7-13H,2-6H2,1H3. The van der Waals surface area contributed by atoms with Crippen LogP contribution < -0.4 is 0 Å². The molecule has 1 heterocycles. The molecule has 0 radical (unpaired) electrons. The number of rotatable bonds is 2. The van der Waals surface area contributed by atoms with Crippen LogP contribution in [0, 0.1) is 0 Å². The van der Waals surface area contributed by atoms with Crippen molar-refractivity contribution < 1.29 is 4.79 Å². The molecule has 0 spiro atoms. The van der Waals surface area contributed by atoms with Gasteiger partial charge in [-0.3, -0.25) is 9.36 Å². The Balaban J connectivity index is 1.90. The Morgan fingerprint density at radius 3 is 2.58 bits per heavy atom. The monoisotopic (exact) mass is 337 g/mol. The lowest BCUT2D eigenvalue weighted by atomic mass is 9.95. The number of nitrogens with zero attached hydrogens (tertiary/aromatic N) is 1. The van der Waals surface area contributed by atoms with Crippen molar-refractivity contribution >= 4 is 28.4 Å². The Morgan fingerprint density at radius 2 is 1.83 bits per heavy atom. The quantitative estimate of drug-likeness (QED) is 0.611. The smallest absolute Gasteiger partial charge is 0.262 e. The third-order valence-electron chi connectivity index (χ3n) is 5.05. The van der Waals surface area contributed by atoms with Gasteiger partial charge in [-0.1, -0.05) is 30.7 Å². The summed E-state index contributed by atoms with van der Waals surface area (Å²) in [6.07, 6.45) is 5.29. The summed E-state index contributed by atoms with van der Waals surface area (Å²) < 4.78 is 1.92. The molecule has 0 atom stereocenters. The molecule has 0 aliphatic heterocycles. The van der Waals surface area contributed by atoms with Crippen molar-refractivity contribution in [2.45, 2.75) is 39.0 Å². The Hall–Kier alpha value is -2.06. The summed E-state index contributed by atoms with van der Waals surface area (Å²) in [7, 11) is 0. The number of benzene rings is 2. The Bertz CT molecular complexity index is 921. The molecule has 1 aliphatic rings. The third-order valence-corrected chi connectivity index (χ3v) is 5.28. The van der Waals surface area contributed by atoms with Crippen LogP contribution in [-0.4, -0.2) is 10.5 Å². The van der Waals surface area contributed by atoms with Crippen molar-refractivity contribution in [3.8, 4) is 0 Å². The second-order valence-electron chi connectivity index (χ2n) is 6.48. The molecule has 0 fully saturated rings. The lowest BCUT2D eigenvalue weighted by Gasteiger charge is -2.15. The summed E-state index contributed by atoms with van der Waals surface area (Å²) in [5.41, 5.74) is 5.45. The highest BCUT2D eigenvalue weighted by molar-refractivity contribution is 6.31. The van der Waals surface area contributed by atoms with Gasteiger partial charge in [-0.2, -0.15) is 0 Å². The third kappa shape index (κ3) is 2.46. The van der Waals surface area contributed by atoms with Gasteiger partial charge in [-0.05, 0) is 73.6 Å². The molecular weight excluding hydrogens is 318 g/mol. The molecule has 3 aromatic rings. The summed E-state index contributed by atoms with van der Waals surface area (Å²) in [6.45, 7) is 2.12. The second-order valence-corrected chi connectivity index (χ2v) is 6.92. The molecule has 3 heteroatoms. The van der Waals surface area contributed by atoms with Crippen LogP contribution in [0.3, 0.4) is 0 Å². The fraction of sp³-hybridized carbons (Fsp3) is 0.286. The predicted molar refractivity (Wildman–Crippen MR) is 99.1 cm³/mol. The van der Waals surface area contributed by atoms with Gasteiger partial charge in [0.1, 0.15) is 0 Å². The number of carbonyl (C=O) groups is 1. The largest absolute Gasteiger partial charge is 0.280 e. The predicted octanol–water partition coefficient (Wildman–Crippen LogP) is 5.42. The van der Waals surface area contributed by atoms with Crippen LogP contribution in [0.25, 0.3) is 10.9 Å². The maximum absolute atomic E-state index is 13.2. The fourth-order valence-corrected chi connectivity index (χ4v) is 3.93. The highest BCUT2D eigenvalue weighted by atomic mass is 35.5. The molecule has 1 aliphatic carbocycles. The van der Waals surface area contributed by atoms with Gasteiger partial charge in [0.05, 0.1) is 5.52 Å². The van der Waals surface area contributed by atoms with Crippen LogP contribution in [0.15, 0.2) is 42.5 Å². The molecule has 4 rings (SSSR count). The Labute approximate surface area is 147 Å². The average Bonchev–Trinajstić information content (AvgIpc) is 2.95. The molecule has 0 saturated heterocycles. The maximum atomic E-state index is 13.2. The minimum atomic E-state index is 0.0631. The van der Waals surface area contributed by atoms with E-state index in [0.29, 0.717) is 0 Å². The molecule has 0 N–H and O–H groups in total. The number of hydrogen-bond acceptors (Lipinski definition) is 1. The zero-order valence-electron chi connectivity index (χ0n) is 13.8. The van der Waals surface area contributed by atoms with Gasteiger partial charge in [-0.25, -0.2) is 0 Å². The van der Waals surface area contributed by atoms with Crippen LogP contribution in [0.2, 0.25) is 5.02 Å². The van der Waals surface area contributed by atoms with Gasteiger partial charge < -0.3 is 0 Å². The van der Waals surface area contributed by atoms with E-state index in [1.165, 1.54) is 23.2 Å². The van der Waals surface area contributed by atoms with Crippen molar-refractivity contribution in [3.05, 3.63) is 69.9 Å². The van der Waals surface area contributed by atoms with Gasteiger partial charge >= 0.3 is 0 Å². The first-order chi connectivity index (χ1) is 11.7. The highest BCUT2D eigenvalue weighted by Gasteiger charge is 2.24. The van der Waals surface area contributed by atoms with E-state index >= 15 is 0 Å². The maximum Gasteiger partial charge on any atom is 0.262 e. The van der Waals surface area contributed by atoms with E-state index in [9.17, 15) is 4.79 Å². The first kappa shape index (κ1) is 15.5. The zero-order valence-corrected chi connectivity index (χ0v) is 14.6. The van der Waals surface area contributed by atoms with Crippen molar-refractivity contribution in [2.75, 3.05) is 0 Å². The summed E-state index contributed by atoms with van der Waals surface area (Å²) in [5.74, 6) is 0.0631. The molecule has 0 amide bonds. The van der Waals surface area contributed by atoms with Crippen LogP contribution >= 0.6 is 11.6 Å². The lowest BCUT2D eigenvalue weighted by molar-refractivity contribution is 0.0961. The van der Waals surface area contributed by atoms with E-state index in [-0.39, 0.29) is 5.91 Å². The van der Waals surface area contributed by atoms with E-state index in [1.54, 1.807) is 0 Å².